The predicted octanol–water partition coefficient (Wildman–Crippen LogP) is 4.13. The lowest BCUT2D eigenvalue weighted by atomic mass is 10.1. The topological polar surface area (TPSA) is 37.8 Å². The molecule has 0 spiro atoms. The Bertz CT molecular complexity index is 621. The molecule has 1 aliphatic carbocycles. The van der Waals surface area contributed by atoms with E-state index >= 15 is 0 Å². The monoisotopic (exact) mass is 317 g/mol. The normalized spacial score (nSPS) is 14.5. The molecule has 0 radical (unpaired) electrons. The second-order valence-corrected chi connectivity index (χ2v) is 5.84. The number of nitrogens with one attached hydrogen (secondary N) is 1. The average Bonchev–Trinajstić information content (AvgIpc) is 3.26. The summed E-state index contributed by atoms with van der Waals surface area (Å²) in [5.74, 6) is 2.34. The van der Waals surface area contributed by atoms with E-state index in [2.05, 4.69) is 57.4 Å². The number of benzene rings is 1. The smallest absolute Gasteiger partial charge is 0.161 e. The lowest BCUT2D eigenvalue weighted by molar-refractivity contribution is 0.994. The SMILES string of the molecule is CNc1cc(C2CC2)nc(-c2ccc(Br)c(C)c2)n1. The molecule has 0 amide bonds. The van der Waals surface area contributed by atoms with Crippen molar-refractivity contribution in [2.24, 2.45) is 0 Å². The van der Waals surface area contributed by atoms with Crippen molar-refractivity contribution in [1.82, 2.24) is 9.97 Å². The van der Waals surface area contributed by atoms with E-state index in [4.69, 9.17) is 4.98 Å². The standard InChI is InChI=1S/C15H16BrN3/c1-9-7-11(5-6-12(9)16)15-18-13(10-3-4-10)8-14(17-2)19-15/h5-8,10H,3-4H2,1-2H3,(H,17,18,19). The van der Waals surface area contributed by atoms with E-state index in [9.17, 15) is 0 Å². The summed E-state index contributed by atoms with van der Waals surface area (Å²) >= 11 is 3.52. The third-order valence-corrected chi connectivity index (χ3v) is 4.30. The van der Waals surface area contributed by atoms with Gasteiger partial charge in [0.05, 0.1) is 0 Å². The van der Waals surface area contributed by atoms with Gasteiger partial charge in [-0.3, -0.25) is 0 Å². The summed E-state index contributed by atoms with van der Waals surface area (Å²) in [5, 5.41) is 3.13. The van der Waals surface area contributed by atoms with Crippen molar-refractivity contribution in [2.45, 2.75) is 25.7 Å². The fourth-order valence-corrected chi connectivity index (χ4v) is 2.34. The molecular weight excluding hydrogens is 302 g/mol. The van der Waals surface area contributed by atoms with Gasteiger partial charge in [0.2, 0.25) is 0 Å². The van der Waals surface area contributed by atoms with Gasteiger partial charge in [-0.1, -0.05) is 22.0 Å². The molecular formula is C15H16BrN3. The van der Waals surface area contributed by atoms with Crippen molar-refractivity contribution >= 4 is 21.7 Å². The summed E-state index contributed by atoms with van der Waals surface area (Å²) in [6.07, 6.45) is 2.50. The highest BCUT2D eigenvalue weighted by atomic mass is 79.9. The van der Waals surface area contributed by atoms with Crippen molar-refractivity contribution < 1.29 is 0 Å². The van der Waals surface area contributed by atoms with E-state index < -0.39 is 0 Å². The van der Waals surface area contributed by atoms with Gasteiger partial charge in [-0.05, 0) is 37.5 Å². The summed E-state index contributed by atoms with van der Waals surface area (Å²) in [6, 6.07) is 8.29. The first kappa shape index (κ1) is 12.6. The molecule has 3 nitrogen and oxygen atoms in total. The predicted molar refractivity (Wildman–Crippen MR) is 81.4 cm³/mol. The molecule has 3 rings (SSSR count). The van der Waals surface area contributed by atoms with Crippen LogP contribution >= 0.6 is 15.9 Å². The Labute approximate surface area is 121 Å². The van der Waals surface area contributed by atoms with Crippen LogP contribution in [0.1, 0.15) is 30.0 Å². The van der Waals surface area contributed by atoms with Crippen molar-refractivity contribution in [3.8, 4) is 11.4 Å². The molecule has 19 heavy (non-hydrogen) atoms. The van der Waals surface area contributed by atoms with E-state index in [-0.39, 0.29) is 0 Å². The Hall–Kier alpha value is -1.42. The van der Waals surface area contributed by atoms with Crippen LogP contribution in [0.3, 0.4) is 0 Å². The Morgan fingerprint density at radius 2 is 2.00 bits per heavy atom. The molecule has 1 aliphatic rings. The fourth-order valence-electron chi connectivity index (χ4n) is 2.10. The molecule has 1 aromatic carbocycles. The number of aromatic nitrogens is 2. The van der Waals surface area contributed by atoms with Crippen LogP contribution in [0.15, 0.2) is 28.7 Å². The molecule has 0 saturated heterocycles. The van der Waals surface area contributed by atoms with Gasteiger partial charge in [0.15, 0.2) is 5.82 Å². The molecule has 1 aromatic heterocycles. The highest BCUT2D eigenvalue weighted by molar-refractivity contribution is 9.10. The van der Waals surface area contributed by atoms with Crippen LogP contribution in [0, 0.1) is 6.92 Å². The number of hydrogen-bond acceptors (Lipinski definition) is 3. The lowest BCUT2D eigenvalue weighted by Crippen LogP contribution is -2.00. The largest absolute Gasteiger partial charge is 0.373 e. The van der Waals surface area contributed by atoms with E-state index in [0.717, 1.165) is 27.4 Å². The van der Waals surface area contributed by atoms with Gasteiger partial charge >= 0.3 is 0 Å². The quantitative estimate of drug-likeness (QED) is 0.924. The number of halogens is 1. The molecule has 2 aromatic rings. The maximum Gasteiger partial charge on any atom is 0.161 e. The van der Waals surface area contributed by atoms with E-state index in [1.54, 1.807) is 0 Å². The van der Waals surface area contributed by atoms with Crippen LogP contribution in [0.25, 0.3) is 11.4 Å². The van der Waals surface area contributed by atoms with E-state index in [0.29, 0.717) is 5.92 Å². The van der Waals surface area contributed by atoms with E-state index in [1.165, 1.54) is 18.4 Å². The number of anilines is 1. The zero-order valence-electron chi connectivity index (χ0n) is 11.1. The van der Waals surface area contributed by atoms with Gasteiger partial charge in [-0.25, -0.2) is 9.97 Å². The summed E-state index contributed by atoms with van der Waals surface area (Å²) in [4.78, 5) is 9.28. The zero-order valence-corrected chi connectivity index (χ0v) is 12.7. The van der Waals surface area contributed by atoms with Crippen LogP contribution in [-0.4, -0.2) is 17.0 Å². The lowest BCUT2D eigenvalue weighted by Gasteiger charge is -2.08. The average molecular weight is 318 g/mol. The Morgan fingerprint density at radius 1 is 1.21 bits per heavy atom. The molecule has 0 unspecified atom stereocenters. The molecule has 0 aliphatic heterocycles. The van der Waals surface area contributed by atoms with Gasteiger partial charge in [-0.15, -0.1) is 0 Å². The molecule has 0 atom stereocenters. The molecule has 1 N–H and O–H groups in total. The third-order valence-electron chi connectivity index (χ3n) is 3.41. The van der Waals surface area contributed by atoms with Gasteiger partial charge in [-0.2, -0.15) is 0 Å². The minimum atomic E-state index is 0.630. The Kier molecular flexibility index (Phi) is 3.27. The van der Waals surface area contributed by atoms with Crippen LogP contribution < -0.4 is 5.32 Å². The number of rotatable bonds is 3. The number of aryl methyl sites for hydroxylation is 1. The second kappa shape index (κ2) is 4.93. The van der Waals surface area contributed by atoms with Gasteiger partial charge in [0.1, 0.15) is 5.82 Å². The fraction of sp³-hybridized carbons (Fsp3) is 0.333. The van der Waals surface area contributed by atoms with Gasteiger partial charge < -0.3 is 5.32 Å². The molecule has 0 bridgehead atoms. The summed E-state index contributed by atoms with van der Waals surface area (Å²) < 4.78 is 1.11. The number of nitrogens with zero attached hydrogens (tertiary/aromatic N) is 2. The maximum absolute atomic E-state index is 4.72. The number of hydrogen-bond donors (Lipinski definition) is 1. The zero-order chi connectivity index (χ0) is 13.4. The van der Waals surface area contributed by atoms with Crippen LogP contribution in [0.2, 0.25) is 0 Å². The third kappa shape index (κ3) is 2.63. The molecule has 1 heterocycles. The maximum atomic E-state index is 4.72. The highest BCUT2D eigenvalue weighted by Crippen LogP contribution is 2.40. The molecule has 98 valence electrons. The second-order valence-electron chi connectivity index (χ2n) is 4.99. The minimum Gasteiger partial charge on any atom is -0.373 e. The van der Waals surface area contributed by atoms with Crippen molar-refractivity contribution in [1.29, 1.82) is 0 Å². The summed E-state index contributed by atoms with van der Waals surface area (Å²) in [5.41, 5.74) is 3.43. The molecule has 1 fully saturated rings. The van der Waals surface area contributed by atoms with Crippen molar-refractivity contribution in [3.05, 3.63) is 40.0 Å². The van der Waals surface area contributed by atoms with Crippen LogP contribution in [-0.2, 0) is 0 Å². The first-order valence-corrected chi connectivity index (χ1v) is 7.30. The van der Waals surface area contributed by atoms with Gasteiger partial charge in [0, 0.05) is 34.8 Å². The summed E-state index contributed by atoms with van der Waals surface area (Å²) in [7, 11) is 1.90. The highest BCUT2D eigenvalue weighted by Gasteiger charge is 2.26. The first-order valence-electron chi connectivity index (χ1n) is 6.50. The minimum absolute atomic E-state index is 0.630. The molecule has 4 heteroatoms. The van der Waals surface area contributed by atoms with Crippen LogP contribution in [0.4, 0.5) is 5.82 Å². The van der Waals surface area contributed by atoms with Crippen LogP contribution in [0.5, 0.6) is 0 Å². The first-order chi connectivity index (χ1) is 9.17. The molecule has 1 saturated carbocycles. The summed E-state index contributed by atoms with van der Waals surface area (Å²) in [6.45, 7) is 2.08. The van der Waals surface area contributed by atoms with Crippen molar-refractivity contribution in [2.75, 3.05) is 12.4 Å². The van der Waals surface area contributed by atoms with Gasteiger partial charge in [0.25, 0.3) is 0 Å². The Balaban J connectivity index is 2.07. The van der Waals surface area contributed by atoms with Crippen molar-refractivity contribution in [3.63, 3.8) is 0 Å². The van der Waals surface area contributed by atoms with E-state index in [1.807, 2.05) is 7.05 Å². The Morgan fingerprint density at radius 3 is 2.63 bits per heavy atom.